The molecule has 166 valence electrons. The molecule has 0 fully saturated rings. The summed E-state index contributed by atoms with van der Waals surface area (Å²) in [5, 5.41) is 10.6. The Bertz CT molecular complexity index is 1160. The second kappa shape index (κ2) is 10.6. The van der Waals surface area contributed by atoms with Crippen LogP contribution in [0, 0.1) is 0 Å². The van der Waals surface area contributed by atoms with Gasteiger partial charge in [-0.05, 0) is 48.0 Å². The molecule has 0 aliphatic carbocycles. The summed E-state index contributed by atoms with van der Waals surface area (Å²) in [5.41, 5.74) is 5.40. The minimum atomic E-state index is 0.276. The van der Waals surface area contributed by atoms with Crippen LogP contribution in [0.2, 0.25) is 0 Å². The molecule has 3 aromatic carbocycles. The summed E-state index contributed by atoms with van der Waals surface area (Å²) in [6.07, 6.45) is 1.64. The fourth-order valence-corrected chi connectivity index (χ4v) is 2.94. The van der Waals surface area contributed by atoms with Crippen LogP contribution in [0.1, 0.15) is 5.56 Å². The number of rotatable bonds is 9. The minimum Gasteiger partial charge on any atom is -0.493 e. The predicted octanol–water partition coefficient (Wildman–Crippen LogP) is 4.82. The molecular weight excluding hydrogens is 418 g/mol. The Balaban J connectivity index is 1.56. The fourth-order valence-electron chi connectivity index (χ4n) is 2.94. The number of hydrogen-bond donors (Lipinski definition) is 3. The van der Waals surface area contributed by atoms with Gasteiger partial charge in [0.1, 0.15) is 0 Å². The van der Waals surface area contributed by atoms with E-state index in [1.54, 1.807) is 20.4 Å². The van der Waals surface area contributed by atoms with Crippen molar-refractivity contribution in [1.29, 1.82) is 0 Å². The number of aromatic nitrogens is 3. The zero-order chi connectivity index (χ0) is 22.9. The van der Waals surface area contributed by atoms with Gasteiger partial charge in [0, 0.05) is 11.4 Å². The third-order valence-corrected chi connectivity index (χ3v) is 4.48. The standard InChI is InChI=1S/C24H23N7O2/c1-32-20-14-13-17(15-21(20)33-2)16-25-31-24-29-22(26-18-9-5-3-6-10-18)28-23(30-24)27-19-11-7-4-8-12-19/h3-16H,1-2H3,(H3,26,27,28,29,30,31). The molecule has 0 saturated carbocycles. The molecule has 1 heterocycles. The van der Waals surface area contributed by atoms with Gasteiger partial charge in [-0.25, -0.2) is 5.43 Å². The first-order chi connectivity index (χ1) is 16.2. The van der Waals surface area contributed by atoms with E-state index in [4.69, 9.17) is 9.47 Å². The molecule has 3 N–H and O–H groups in total. The topological polar surface area (TPSA) is 106 Å². The summed E-state index contributed by atoms with van der Waals surface area (Å²) in [5.74, 6) is 2.29. The Morgan fingerprint density at radius 3 is 1.76 bits per heavy atom. The first-order valence-corrected chi connectivity index (χ1v) is 10.1. The minimum absolute atomic E-state index is 0.276. The summed E-state index contributed by atoms with van der Waals surface area (Å²) >= 11 is 0. The number of para-hydroxylation sites is 2. The van der Waals surface area contributed by atoms with Crippen molar-refractivity contribution >= 4 is 35.4 Å². The Hall–Kier alpha value is -4.66. The highest BCUT2D eigenvalue weighted by Gasteiger charge is 2.08. The molecule has 9 nitrogen and oxygen atoms in total. The molecule has 0 aliphatic rings. The summed E-state index contributed by atoms with van der Waals surface area (Å²) < 4.78 is 10.6. The first kappa shape index (κ1) is 21.6. The lowest BCUT2D eigenvalue weighted by molar-refractivity contribution is 0.355. The Labute approximate surface area is 191 Å². The van der Waals surface area contributed by atoms with Crippen molar-refractivity contribution in [1.82, 2.24) is 15.0 Å². The van der Waals surface area contributed by atoms with Gasteiger partial charge in [-0.15, -0.1) is 0 Å². The van der Waals surface area contributed by atoms with E-state index in [0.29, 0.717) is 23.4 Å². The number of ether oxygens (including phenoxy) is 2. The highest BCUT2D eigenvalue weighted by atomic mass is 16.5. The molecule has 1 aromatic heterocycles. The molecule has 33 heavy (non-hydrogen) atoms. The molecule has 4 rings (SSSR count). The number of hydrogen-bond acceptors (Lipinski definition) is 9. The zero-order valence-corrected chi connectivity index (χ0v) is 18.2. The monoisotopic (exact) mass is 441 g/mol. The fraction of sp³-hybridized carbons (Fsp3) is 0.0833. The van der Waals surface area contributed by atoms with E-state index in [0.717, 1.165) is 16.9 Å². The number of hydrazone groups is 1. The molecule has 0 radical (unpaired) electrons. The molecule has 9 heteroatoms. The Kier molecular flexibility index (Phi) is 6.92. The van der Waals surface area contributed by atoms with Crippen molar-refractivity contribution < 1.29 is 9.47 Å². The smallest absolute Gasteiger partial charge is 0.250 e. The molecule has 0 bridgehead atoms. The highest BCUT2D eigenvalue weighted by molar-refractivity contribution is 5.81. The molecule has 0 saturated heterocycles. The Morgan fingerprint density at radius 1 is 0.667 bits per heavy atom. The van der Waals surface area contributed by atoms with Crippen molar-refractivity contribution in [3.63, 3.8) is 0 Å². The van der Waals surface area contributed by atoms with Gasteiger partial charge in [-0.3, -0.25) is 0 Å². The predicted molar refractivity (Wildman–Crippen MR) is 130 cm³/mol. The molecule has 0 atom stereocenters. The van der Waals surface area contributed by atoms with E-state index >= 15 is 0 Å². The molecule has 0 unspecified atom stereocenters. The SMILES string of the molecule is COc1ccc(C=NNc2nc(Nc3ccccc3)nc(Nc3ccccc3)n2)cc1OC. The van der Waals surface area contributed by atoms with E-state index in [1.165, 1.54) is 0 Å². The third-order valence-electron chi connectivity index (χ3n) is 4.48. The summed E-state index contributed by atoms with van der Waals surface area (Å²) in [4.78, 5) is 13.3. The molecular formula is C24H23N7O2. The maximum Gasteiger partial charge on any atom is 0.250 e. The van der Waals surface area contributed by atoms with E-state index in [-0.39, 0.29) is 5.95 Å². The summed E-state index contributed by atoms with van der Waals surface area (Å²) in [6, 6.07) is 24.8. The van der Waals surface area contributed by atoms with Crippen LogP contribution in [0.5, 0.6) is 11.5 Å². The van der Waals surface area contributed by atoms with Crippen molar-refractivity contribution in [2.75, 3.05) is 30.3 Å². The second-order valence-corrected chi connectivity index (χ2v) is 6.77. The van der Waals surface area contributed by atoms with Gasteiger partial charge in [0.25, 0.3) is 0 Å². The maximum absolute atomic E-state index is 5.33. The largest absolute Gasteiger partial charge is 0.493 e. The van der Waals surface area contributed by atoms with Crippen molar-refractivity contribution in [3.8, 4) is 11.5 Å². The third kappa shape index (κ3) is 5.95. The van der Waals surface area contributed by atoms with Gasteiger partial charge in [-0.1, -0.05) is 36.4 Å². The second-order valence-electron chi connectivity index (χ2n) is 6.77. The average Bonchev–Trinajstić information content (AvgIpc) is 2.85. The maximum atomic E-state index is 5.33. The van der Waals surface area contributed by atoms with Crippen molar-refractivity contribution in [2.45, 2.75) is 0 Å². The van der Waals surface area contributed by atoms with E-state index in [2.05, 4.69) is 36.1 Å². The van der Waals surface area contributed by atoms with Gasteiger partial charge in [0.05, 0.1) is 20.4 Å². The van der Waals surface area contributed by atoms with E-state index < -0.39 is 0 Å². The normalized spacial score (nSPS) is 10.6. The lowest BCUT2D eigenvalue weighted by Gasteiger charge is -2.10. The van der Waals surface area contributed by atoms with Crippen LogP contribution in [0.25, 0.3) is 0 Å². The van der Waals surface area contributed by atoms with Crippen LogP contribution in [-0.2, 0) is 0 Å². The number of nitrogens with one attached hydrogen (secondary N) is 3. The molecule has 0 amide bonds. The van der Waals surface area contributed by atoms with Gasteiger partial charge < -0.3 is 20.1 Å². The van der Waals surface area contributed by atoms with Crippen molar-refractivity contribution in [2.24, 2.45) is 5.10 Å². The van der Waals surface area contributed by atoms with Crippen LogP contribution in [0.15, 0.2) is 84.0 Å². The van der Waals surface area contributed by atoms with Crippen LogP contribution >= 0.6 is 0 Å². The van der Waals surface area contributed by atoms with Crippen LogP contribution < -0.4 is 25.5 Å². The molecule has 4 aromatic rings. The quantitative estimate of drug-likeness (QED) is 0.251. The van der Waals surface area contributed by atoms with E-state index in [9.17, 15) is 0 Å². The lowest BCUT2D eigenvalue weighted by atomic mass is 10.2. The highest BCUT2D eigenvalue weighted by Crippen LogP contribution is 2.27. The van der Waals surface area contributed by atoms with Crippen molar-refractivity contribution in [3.05, 3.63) is 84.4 Å². The van der Waals surface area contributed by atoms with Crippen LogP contribution in [0.4, 0.5) is 29.2 Å². The summed E-state index contributed by atoms with van der Waals surface area (Å²) in [7, 11) is 3.18. The zero-order valence-electron chi connectivity index (χ0n) is 18.2. The van der Waals surface area contributed by atoms with Gasteiger partial charge in [0.2, 0.25) is 17.8 Å². The van der Waals surface area contributed by atoms with Crippen LogP contribution in [-0.4, -0.2) is 35.4 Å². The average molecular weight is 441 g/mol. The lowest BCUT2D eigenvalue weighted by Crippen LogP contribution is -2.07. The van der Waals surface area contributed by atoms with Gasteiger partial charge >= 0.3 is 0 Å². The first-order valence-electron chi connectivity index (χ1n) is 10.1. The van der Waals surface area contributed by atoms with E-state index in [1.807, 2.05) is 78.9 Å². The Morgan fingerprint density at radius 2 is 1.21 bits per heavy atom. The number of anilines is 5. The molecule has 0 aliphatic heterocycles. The summed E-state index contributed by atoms with van der Waals surface area (Å²) in [6.45, 7) is 0. The number of methoxy groups -OCH3 is 2. The number of benzene rings is 3. The van der Waals surface area contributed by atoms with Gasteiger partial charge in [0.15, 0.2) is 11.5 Å². The van der Waals surface area contributed by atoms with Gasteiger partial charge in [-0.2, -0.15) is 20.1 Å². The van der Waals surface area contributed by atoms with Crippen LogP contribution in [0.3, 0.4) is 0 Å². The molecule has 0 spiro atoms. The number of nitrogens with zero attached hydrogens (tertiary/aromatic N) is 4.